The molecule has 0 bridgehead atoms. The van der Waals surface area contributed by atoms with Crippen molar-refractivity contribution in [2.75, 3.05) is 13.1 Å². The third-order valence-electron chi connectivity index (χ3n) is 4.65. The number of fused-ring (bicyclic) bond motifs is 1. The normalized spacial score (nSPS) is 27.1. The minimum atomic E-state index is 0.192. The van der Waals surface area contributed by atoms with E-state index in [0.29, 0.717) is 18.6 Å². The van der Waals surface area contributed by atoms with E-state index in [2.05, 4.69) is 28.3 Å². The minimum absolute atomic E-state index is 0.192. The number of nitrogens with zero attached hydrogens (tertiary/aromatic N) is 3. The number of amides is 1. The summed E-state index contributed by atoms with van der Waals surface area (Å²) in [6, 6.07) is 3.01. The Hall–Kier alpha value is -1.36. The molecule has 1 amide bonds. The quantitative estimate of drug-likeness (QED) is 0.898. The first-order chi connectivity index (χ1) is 9.78. The fraction of sp³-hybridized carbons (Fsp3) is 0.733. The van der Waals surface area contributed by atoms with E-state index in [1.54, 1.807) is 0 Å². The Bertz CT molecular complexity index is 470. The van der Waals surface area contributed by atoms with E-state index in [0.717, 1.165) is 25.9 Å². The fourth-order valence-electron chi connectivity index (χ4n) is 3.63. The summed E-state index contributed by atoms with van der Waals surface area (Å²) in [5, 5.41) is 7.48. The van der Waals surface area contributed by atoms with Gasteiger partial charge in [0.2, 0.25) is 5.91 Å². The van der Waals surface area contributed by atoms with Gasteiger partial charge in [-0.1, -0.05) is 12.8 Å². The van der Waals surface area contributed by atoms with Crippen LogP contribution in [0.25, 0.3) is 0 Å². The highest BCUT2D eigenvalue weighted by molar-refractivity contribution is 5.79. The van der Waals surface area contributed by atoms with E-state index in [1.807, 2.05) is 10.9 Å². The molecule has 1 aromatic heterocycles. The largest absolute Gasteiger partial charge is 0.351 e. The number of carbonyl (C=O) groups is 1. The zero-order chi connectivity index (χ0) is 13.9. The third kappa shape index (κ3) is 2.73. The SMILES string of the molecule is CCn1nccc1CCN1CC(=O)N[C@@H]2CCCC[C@@H]21. The Balaban J connectivity index is 1.64. The van der Waals surface area contributed by atoms with Crippen molar-refractivity contribution in [1.29, 1.82) is 0 Å². The summed E-state index contributed by atoms with van der Waals surface area (Å²) < 4.78 is 2.04. The molecule has 2 heterocycles. The first-order valence-corrected chi connectivity index (χ1v) is 7.82. The maximum atomic E-state index is 11.8. The first-order valence-electron chi connectivity index (χ1n) is 7.82. The van der Waals surface area contributed by atoms with Gasteiger partial charge in [-0.05, 0) is 25.8 Å². The van der Waals surface area contributed by atoms with Crippen LogP contribution in [0.2, 0.25) is 0 Å². The molecule has 0 radical (unpaired) electrons. The van der Waals surface area contributed by atoms with E-state index in [-0.39, 0.29) is 5.91 Å². The number of nitrogens with one attached hydrogen (secondary N) is 1. The van der Waals surface area contributed by atoms with Gasteiger partial charge in [0.15, 0.2) is 0 Å². The molecule has 1 N–H and O–H groups in total. The van der Waals surface area contributed by atoms with Crippen LogP contribution in [0.3, 0.4) is 0 Å². The predicted molar refractivity (Wildman–Crippen MR) is 77.4 cm³/mol. The van der Waals surface area contributed by atoms with Gasteiger partial charge in [0.25, 0.3) is 0 Å². The van der Waals surface area contributed by atoms with Crippen molar-refractivity contribution in [3.8, 4) is 0 Å². The van der Waals surface area contributed by atoms with Gasteiger partial charge >= 0.3 is 0 Å². The summed E-state index contributed by atoms with van der Waals surface area (Å²) in [5.74, 6) is 0.192. The fourth-order valence-corrected chi connectivity index (χ4v) is 3.63. The van der Waals surface area contributed by atoms with Crippen LogP contribution in [0.1, 0.15) is 38.3 Å². The molecular formula is C15H24N4O. The van der Waals surface area contributed by atoms with Gasteiger partial charge in [-0.3, -0.25) is 14.4 Å². The average molecular weight is 276 g/mol. The van der Waals surface area contributed by atoms with Gasteiger partial charge in [-0.25, -0.2) is 0 Å². The molecule has 5 heteroatoms. The molecule has 110 valence electrons. The first kappa shape index (κ1) is 13.6. The van der Waals surface area contributed by atoms with Crippen LogP contribution in [0.4, 0.5) is 0 Å². The van der Waals surface area contributed by atoms with Crippen molar-refractivity contribution >= 4 is 5.91 Å². The maximum Gasteiger partial charge on any atom is 0.234 e. The molecule has 1 saturated heterocycles. The van der Waals surface area contributed by atoms with Crippen molar-refractivity contribution in [3.05, 3.63) is 18.0 Å². The highest BCUT2D eigenvalue weighted by atomic mass is 16.2. The van der Waals surface area contributed by atoms with Crippen LogP contribution in [0.5, 0.6) is 0 Å². The highest BCUT2D eigenvalue weighted by Crippen LogP contribution is 2.25. The molecule has 0 unspecified atom stereocenters. The van der Waals surface area contributed by atoms with Crippen LogP contribution in [-0.2, 0) is 17.8 Å². The summed E-state index contributed by atoms with van der Waals surface area (Å²) in [6.07, 6.45) is 7.74. The number of hydrogen-bond acceptors (Lipinski definition) is 3. The van der Waals surface area contributed by atoms with Crippen LogP contribution in [0.15, 0.2) is 12.3 Å². The molecule has 0 spiro atoms. The van der Waals surface area contributed by atoms with E-state index in [1.165, 1.54) is 25.0 Å². The van der Waals surface area contributed by atoms with Crippen molar-refractivity contribution in [3.63, 3.8) is 0 Å². The van der Waals surface area contributed by atoms with Gasteiger partial charge in [0.05, 0.1) is 6.54 Å². The monoisotopic (exact) mass is 276 g/mol. The number of aryl methyl sites for hydroxylation is 1. The lowest BCUT2D eigenvalue weighted by atomic mass is 9.87. The second kappa shape index (κ2) is 5.95. The van der Waals surface area contributed by atoms with Crippen molar-refractivity contribution in [2.24, 2.45) is 0 Å². The zero-order valence-corrected chi connectivity index (χ0v) is 12.2. The van der Waals surface area contributed by atoms with Gasteiger partial charge in [0, 0.05) is 43.5 Å². The Kier molecular flexibility index (Phi) is 4.05. The Morgan fingerprint density at radius 2 is 2.25 bits per heavy atom. The maximum absolute atomic E-state index is 11.8. The topological polar surface area (TPSA) is 50.2 Å². The Morgan fingerprint density at radius 1 is 1.40 bits per heavy atom. The molecule has 0 aromatic carbocycles. The molecule has 5 nitrogen and oxygen atoms in total. The molecule has 1 aliphatic heterocycles. The van der Waals surface area contributed by atoms with Crippen molar-refractivity contribution in [2.45, 2.75) is 57.7 Å². The standard InChI is InChI=1S/C15H24N4O/c1-2-19-12(7-9-16-19)8-10-18-11-15(20)17-13-5-3-4-6-14(13)18/h7,9,13-14H,2-6,8,10-11H2,1H3,(H,17,20)/t13-,14+/m1/s1. The number of rotatable bonds is 4. The van der Waals surface area contributed by atoms with Crippen LogP contribution in [0, 0.1) is 0 Å². The summed E-state index contributed by atoms with van der Waals surface area (Å²) in [7, 11) is 0. The number of hydrogen-bond donors (Lipinski definition) is 1. The van der Waals surface area contributed by atoms with E-state index < -0.39 is 0 Å². The average Bonchev–Trinajstić information content (AvgIpc) is 2.92. The van der Waals surface area contributed by atoms with Crippen molar-refractivity contribution in [1.82, 2.24) is 20.0 Å². The summed E-state index contributed by atoms with van der Waals surface area (Å²) in [6.45, 7) is 4.54. The van der Waals surface area contributed by atoms with E-state index >= 15 is 0 Å². The van der Waals surface area contributed by atoms with Crippen LogP contribution >= 0.6 is 0 Å². The third-order valence-corrected chi connectivity index (χ3v) is 4.65. The Labute approximate surface area is 120 Å². The number of piperazine rings is 1. The molecular weight excluding hydrogens is 252 g/mol. The molecule has 1 aliphatic carbocycles. The lowest BCUT2D eigenvalue weighted by molar-refractivity contribution is -0.128. The molecule has 3 rings (SSSR count). The Morgan fingerprint density at radius 3 is 3.10 bits per heavy atom. The summed E-state index contributed by atoms with van der Waals surface area (Å²) in [5.41, 5.74) is 1.27. The summed E-state index contributed by atoms with van der Waals surface area (Å²) in [4.78, 5) is 14.2. The molecule has 1 saturated carbocycles. The lowest BCUT2D eigenvalue weighted by Crippen LogP contribution is -2.61. The van der Waals surface area contributed by atoms with Gasteiger partial charge in [-0.15, -0.1) is 0 Å². The number of carbonyl (C=O) groups excluding carboxylic acids is 1. The van der Waals surface area contributed by atoms with Gasteiger partial charge in [0.1, 0.15) is 0 Å². The molecule has 20 heavy (non-hydrogen) atoms. The number of aromatic nitrogens is 2. The second-order valence-electron chi connectivity index (χ2n) is 5.88. The van der Waals surface area contributed by atoms with E-state index in [4.69, 9.17) is 0 Å². The zero-order valence-electron chi connectivity index (χ0n) is 12.2. The molecule has 1 aromatic rings. The smallest absolute Gasteiger partial charge is 0.234 e. The molecule has 2 aliphatic rings. The van der Waals surface area contributed by atoms with Gasteiger partial charge < -0.3 is 5.32 Å². The minimum Gasteiger partial charge on any atom is -0.351 e. The summed E-state index contributed by atoms with van der Waals surface area (Å²) >= 11 is 0. The van der Waals surface area contributed by atoms with Crippen LogP contribution < -0.4 is 5.32 Å². The highest BCUT2D eigenvalue weighted by Gasteiger charge is 2.35. The van der Waals surface area contributed by atoms with Crippen molar-refractivity contribution < 1.29 is 4.79 Å². The second-order valence-corrected chi connectivity index (χ2v) is 5.88. The van der Waals surface area contributed by atoms with E-state index in [9.17, 15) is 4.79 Å². The lowest BCUT2D eigenvalue weighted by Gasteiger charge is -2.44. The van der Waals surface area contributed by atoms with Crippen LogP contribution in [-0.4, -0.2) is 45.8 Å². The predicted octanol–water partition coefficient (Wildman–Crippen LogP) is 1.19. The van der Waals surface area contributed by atoms with Gasteiger partial charge in [-0.2, -0.15) is 5.10 Å². The molecule has 2 fully saturated rings. The molecule has 2 atom stereocenters.